The van der Waals surface area contributed by atoms with Gasteiger partial charge in [0, 0.05) is 49.5 Å². The predicted molar refractivity (Wildman–Crippen MR) is 118 cm³/mol. The molecule has 0 aromatic carbocycles. The topological polar surface area (TPSA) is 93.8 Å². The average Bonchev–Trinajstić information content (AvgIpc) is 3.36. The molecule has 0 spiro atoms. The Balaban J connectivity index is 1.10. The minimum atomic E-state index is -0.120. The largest absolute Gasteiger partial charge is 0.343 e. The highest BCUT2D eigenvalue weighted by atomic mass is 16.1. The van der Waals surface area contributed by atoms with Gasteiger partial charge in [-0.1, -0.05) is 6.92 Å². The molecule has 1 saturated carbocycles. The first-order chi connectivity index (χ1) is 15.5. The monoisotopic (exact) mass is 432 g/mol. The molecule has 1 N–H and O–H groups in total. The number of aryl methyl sites for hydroxylation is 2. The van der Waals surface area contributed by atoms with Gasteiger partial charge in [-0.3, -0.25) is 9.48 Å². The lowest BCUT2D eigenvalue weighted by Crippen LogP contribution is -2.27. The quantitative estimate of drug-likeness (QED) is 0.662. The Morgan fingerprint density at radius 3 is 2.81 bits per heavy atom. The van der Waals surface area contributed by atoms with Crippen LogP contribution in [0, 0.1) is 24.7 Å². The third-order valence-corrected chi connectivity index (χ3v) is 7.60. The first kappa shape index (κ1) is 19.5. The third-order valence-electron chi connectivity index (χ3n) is 7.60. The Kier molecular flexibility index (Phi) is 4.34. The Labute approximate surface area is 186 Å². The van der Waals surface area contributed by atoms with Crippen LogP contribution in [-0.2, 0) is 20.0 Å². The number of imidazole rings is 1. The highest BCUT2D eigenvalue weighted by Crippen LogP contribution is 2.51. The molecule has 9 heteroatoms. The van der Waals surface area contributed by atoms with Crippen LogP contribution in [0.4, 0.5) is 5.95 Å². The van der Waals surface area contributed by atoms with Crippen LogP contribution in [0.1, 0.15) is 52.4 Å². The summed E-state index contributed by atoms with van der Waals surface area (Å²) in [6, 6.07) is -0.0372. The maximum Gasteiger partial charge on any atom is 0.255 e. The van der Waals surface area contributed by atoms with Crippen molar-refractivity contribution in [3.63, 3.8) is 0 Å². The number of amides is 1. The number of hydrogen-bond acceptors (Lipinski definition) is 6. The highest BCUT2D eigenvalue weighted by Gasteiger charge is 2.53. The number of aromatic nitrogens is 6. The number of nitrogens with one attached hydrogen (secondary N) is 1. The van der Waals surface area contributed by atoms with Crippen LogP contribution >= 0.6 is 0 Å². The SMILES string of the molecule is Cc1nc(N2C[C@@H]3[C@@H](C)[C@@H]3C2)ncc1Cn1cc(C(=O)N[C@@H]2CCc3c2ncn3C)cn1. The Morgan fingerprint density at radius 1 is 1.22 bits per heavy atom. The van der Waals surface area contributed by atoms with Gasteiger partial charge in [0.15, 0.2) is 0 Å². The van der Waals surface area contributed by atoms with E-state index in [9.17, 15) is 4.79 Å². The zero-order valence-corrected chi connectivity index (χ0v) is 18.7. The van der Waals surface area contributed by atoms with E-state index in [0.29, 0.717) is 12.1 Å². The summed E-state index contributed by atoms with van der Waals surface area (Å²) in [6.45, 7) is 7.04. The van der Waals surface area contributed by atoms with Crippen molar-refractivity contribution in [1.29, 1.82) is 0 Å². The maximum absolute atomic E-state index is 12.8. The lowest BCUT2D eigenvalue weighted by atomic mass is 10.2. The van der Waals surface area contributed by atoms with E-state index in [0.717, 1.165) is 66.6 Å². The molecule has 3 aromatic heterocycles. The second-order valence-corrected chi connectivity index (χ2v) is 9.55. The van der Waals surface area contributed by atoms with Crippen molar-refractivity contribution < 1.29 is 4.79 Å². The molecule has 9 nitrogen and oxygen atoms in total. The zero-order valence-electron chi connectivity index (χ0n) is 18.7. The molecule has 3 aromatic rings. The molecule has 2 aliphatic carbocycles. The number of rotatable bonds is 5. The van der Waals surface area contributed by atoms with Crippen molar-refractivity contribution in [2.45, 2.75) is 39.3 Å². The zero-order chi connectivity index (χ0) is 22.0. The van der Waals surface area contributed by atoms with Gasteiger partial charge in [-0.05, 0) is 37.5 Å². The van der Waals surface area contributed by atoms with Crippen molar-refractivity contribution in [1.82, 2.24) is 34.6 Å². The first-order valence-corrected chi connectivity index (χ1v) is 11.4. The molecule has 4 atom stereocenters. The number of fused-ring (bicyclic) bond motifs is 2. The van der Waals surface area contributed by atoms with E-state index in [4.69, 9.17) is 4.98 Å². The van der Waals surface area contributed by atoms with Crippen molar-refractivity contribution in [3.8, 4) is 0 Å². The van der Waals surface area contributed by atoms with Gasteiger partial charge >= 0.3 is 0 Å². The smallest absolute Gasteiger partial charge is 0.255 e. The standard InChI is InChI=1S/C23H28N8O/c1-13-17-10-30(11-18(13)17)23-24-6-15(14(2)27-23)8-31-9-16(7-26-31)22(32)28-19-4-5-20-21(19)25-12-29(20)3/h6-7,9,12-13,17-19H,4-5,8,10-11H2,1-3H3,(H,28,32)/t13-,17-,18+,19-/m1/s1. The number of carbonyl (C=O) groups excluding carboxylic acids is 1. The van der Waals surface area contributed by atoms with E-state index in [1.807, 2.05) is 31.1 Å². The molecule has 1 aliphatic heterocycles. The summed E-state index contributed by atoms with van der Waals surface area (Å²) in [5.74, 6) is 3.21. The van der Waals surface area contributed by atoms with E-state index in [-0.39, 0.29) is 11.9 Å². The van der Waals surface area contributed by atoms with Gasteiger partial charge in [0.2, 0.25) is 5.95 Å². The van der Waals surface area contributed by atoms with E-state index < -0.39 is 0 Å². The van der Waals surface area contributed by atoms with Gasteiger partial charge in [0.1, 0.15) is 0 Å². The predicted octanol–water partition coefficient (Wildman–Crippen LogP) is 1.88. The molecule has 2 fully saturated rings. The number of piperidine rings is 1. The molecule has 6 rings (SSSR count). The number of nitrogens with zero attached hydrogens (tertiary/aromatic N) is 7. The second-order valence-electron chi connectivity index (χ2n) is 9.55. The summed E-state index contributed by atoms with van der Waals surface area (Å²) in [5.41, 5.74) is 4.69. The van der Waals surface area contributed by atoms with Crippen LogP contribution < -0.4 is 10.2 Å². The molecular weight excluding hydrogens is 404 g/mol. The van der Waals surface area contributed by atoms with Gasteiger partial charge in [-0.25, -0.2) is 15.0 Å². The minimum Gasteiger partial charge on any atom is -0.343 e. The number of carbonyl (C=O) groups is 1. The summed E-state index contributed by atoms with van der Waals surface area (Å²) in [7, 11) is 1.99. The molecule has 3 aliphatic rings. The van der Waals surface area contributed by atoms with Crippen molar-refractivity contribution in [2.24, 2.45) is 24.8 Å². The molecule has 0 unspecified atom stereocenters. The van der Waals surface area contributed by atoms with Crippen LogP contribution in [0.2, 0.25) is 0 Å². The Hall–Kier alpha value is -3.23. The lowest BCUT2D eigenvalue weighted by molar-refractivity contribution is 0.0936. The summed E-state index contributed by atoms with van der Waals surface area (Å²) >= 11 is 0. The Bertz CT molecular complexity index is 1180. The average molecular weight is 433 g/mol. The molecule has 0 radical (unpaired) electrons. The second kappa shape index (κ2) is 7.15. The fourth-order valence-corrected chi connectivity index (χ4v) is 5.39. The Morgan fingerprint density at radius 2 is 2.03 bits per heavy atom. The van der Waals surface area contributed by atoms with E-state index in [1.54, 1.807) is 17.1 Å². The lowest BCUT2D eigenvalue weighted by Gasteiger charge is -2.19. The van der Waals surface area contributed by atoms with E-state index >= 15 is 0 Å². The molecule has 0 bridgehead atoms. The van der Waals surface area contributed by atoms with Gasteiger partial charge in [0.05, 0.1) is 36.4 Å². The minimum absolute atomic E-state index is 0.0372. The summed E-state index contributed by atoms with van der Waals surface area (Å²) < 4.78 is 3.80. The van der Waals surface area contributed by atoms with E-state index in [2.05, 4.69) is 32.2 Å². The maximum atomic E-state index is 12.8. The summed E-state index contributed by atoms with van der Waals surface area (Å²) in [5, 5.41) is 7.49. The number of anilines is 1. The van der Waals surface area contributed by atoms with Gasteiger partial charge in [-0.2, -0.15) is 5.10 Å². The van der Waals surface area contributed by atoms with Crippen LogP contribution in [0.15, 0.2) is 24.9 Å². The highest BCUT2D eigenvalue weighted by molar-refractivity contribution is 5.94. The van der Waals surface area contributed by atoms with Crippen molar-refractivity contribution in [2.75, 3.05) is 18.0 Å². The molecular formula is C23H28N8O. The summed E-state index contributed by atoms with van der Waals surface area (Å²) in [6.07, 6.45) is 8.92. The molecule has 32 heavy (non-hydrogen) atoms. The van der Waals surface area contributed by atoms with Gasteiger partial charge in [-0.15, -0.1) is 0 Å². The van der Waals surface area contributed by atoms with Crippen molar-refractivity contribution >= 4 is 11.9 Å². The van der Waals surface area contributed by atoms with Crippen LogP contribution in [0.5, 0.6) is 0 Å². The first-order valence-electron chi connectivity index (χ1n) is 11.4. The molecule has 4 heterocycles. The van der Waals surface area contributed by atoms with Gasteiger partial charge in [0.25, 0.3) is 5.91 Å². The molecule has 1 saturated heterocycles. The van der Waals surface area contributed by atoms with Crippen LogP contribution in [0.25, 0.3) is 0 Å². The van der Waals surface area contributed by atoms with Crippen LogP contribution in [0.3, 0.4) is 0 Å². The normalized spacial score (nSPS) is 25.7. The van der Waals surface area contributed by atoms with Crippen LogP contribution in [-0.4, -0.2) is 48.3 Å². The molecule has 1 amide bonds. The fourth-order valence-electron chi connectivity index (χ4n) is 5.39. The third kappa shape index (κ3) is 3.18. The number of hydrogen-bond donors (Lipinski definition) is 1. The van der Waals surface area contributed by atoms with Crippen molar-refractivity contribution in [3.05, 3.63) is 53.1 Å². The summed E-state index contributed by atoms with van der Waals surface area (Å²) in [4.78, 5) is 28.9. The van der Waals surface area contributed by atoms with E-state index in [1.165, 1.54) is 5.69 Å². The van der Waals surface area contributed by atoms with Gasteiger partial charge < -0.3 is 14.8 Å². The fraction of sp³-hybridized carbons (Fsp3) is 0.522. The molecule has 166 valence electrons.